The molecule has 1 unspecified atom stereocenters. The van der Waals surface area contributed by atoms with Gasteiger partial charge in [-0.1, -0.05) is 60.7 Å². The summed E-state index contributed by atoms with van der Waals surface area (Å²) >= 11 is 3.50. The van der Waals surface area contributed by atoms with Gasteiger partial charge in [0.25, 0.3) is 5.91 Å². The zero-order valence-corrected chi connectivity index (χ0v) is 22.7. The van der Waals surface area contributed by atoms with Crippen LogP contribution in [0.2, 0.25) is 0 Å². The Morgan fingerprint density at radius 1 is 0.921 bits per heavy atom. The van der Waals surface area contributed by atoms with E-state index in [4.69, 9.17) is 9.47 Å². The van der Waals surface area contributed by atoms with E-state index in [9.17, 15) is 14.4 Å². The van der Waals surface area contributed by atoms with Crippen LogP contribution in [0.15, 0.2) is 83.3 Å². The number of ether oxygens (including phenoxy) is 2. The van der Waals surface area contributed by atoms with E-state index in [0.717, 1.165) is 12.8 Å². The predicted molar refractivity (Wildman–Crippen MR) is 148 cm³/mol. The maximum atomic E-state index is 13.3. The smallest absolute Gasteiger partial charge is 0.308 e. The van der Waals surface area contributed by atoms with Crippen molar-refractivity contribution in [3.8, 4) is 5.75 Å². The third-order valence-electron chi connectivity index (χ3n) is 6.34. The second-order valence-electron chi connectivity index (χ2n) is 9.05. The van der Waals surface area contributed by atoms with Crippen LogP contribution in [0.1, 0.15) is 34.3 Å². The first kappa shape index (κ1) is 27.4. The number of piperazine rings is 1. The molecule has 1 N–H and O–H groups in total. The molecule has 0 bridgehead atoms. The molecule has 1 fully saturated rings. The molecule has 198 valence electrons. The SMILES string of the molecule is O=C(CC1C(=O)NCCN1C(=O)c1ccc(OCCc2ccccc2)c(Br)c1)OCCCc1ccccc1. The van der Waals surface area contributed by atoms with E-state index in [-0.39, 0.29) is 24.8 Å². The minimum Gasteiger partial charge on any atom is -0.492 e. The van der Waals surface area contributed by atoms with Gasteiger partial charge in [-0.05, 0) is 58.1 Å². The molecule has 4 rings (SSSR count). The van der Waals surface area contributed by atoms with Crippen LogP contribution in [0.5, 0.6) is 5.75 Å². The Labute approximate surface area is 231 Å². The molecule has 3 aromatic rings. The van der Waals surface area contributed by atoms with Crippen molar-refractivity contribution >= 4 is 33.7 Å². The Bertz CT molecular complexity index is 1240. The highest BCUT2D eigenvalue weighted by Crippen LogP contribution is 2.27. The predicted octanol–water partition coefficient (Wildman–Crippen LogP) is 4.58. The van der Waals surface area contributed by atoms with Crippen molar-refractivity contribution in [1.82, 2.24) is 10.2 Å². The van der Waals surface area contributed by atoms with E-state index >= 15 is 0 Å². The number of benzene rings is 3. The third-order valence-corrected chi connectivity index (χ3v) is 6.96. The quantitative estimate of drug-likeness (QED) is 0.266. The molecule has 0 saturated carbocycles. The van der Waals surface area contributed by atoms with Crippen molar-refractivity contribution in [2.24, 2.45) is 0 Å². The molecule has 1 aliphatic rings. The summed E-state index contributed by atoms with van der Waals surface area (Å²) in [7, 11) is 0. The number of hydrogen-bond acceptors (Lipinski definition) is 5. The molecule has 8 heteroatoms. The van der Waals surface area contributed by atoms with E-state index in [1.165, 1.54) is 16.0 Å². The standard InChI is InChI=1S/C30H31BrN2O5/c31-25-20-24(13-14-27(25)37-19-15-23-10-5-2-6-11-23)30(36)33-17-16-32-29(35)26(33)21-28(34)38-18-7-12-22-8-3-1-4-9-22/h1-6,8-11,13-14,20,26H,7,12,15-19,21H2,(H,32,35). The van der Waals surface area contributed by atoms with E-state index in [0.29, 0.717) is 41.9 Å². The van der Waals surface area contributed by atoms with Gasteiger partial charge in [0.2, 0.25) is 5.91 Å². The summed E-state index contributed by atoms with van der Waals surface area (Å²) in [5.41, 5.74) is 2.76. The summed E-state index contributed by atoms with van der Waals surface area (Å²) in [5.74, 6) is -0.546. The number of amides is 2. The average molecular weight is 579 g/mol. The van der Waals surface area contributed by atoms with Gasteiger partial charge in [-0.2, -0.15) is 0 Å². The molecule has 3 aromatic carbocycles. The highest BCUT2D eigenvalue weighted by atomic mass is 79.9. The van der Waals surface area contributed by atoms with Crippen molar-refractivity contribution in [2.75, 3.05) is 26.3 Å². The molecule has 1 heterocycles. The van der Waals surface area contributed by atoms with Gasteiger partial charge < -0.3 is 19.7 Å². The van der Waals surface area contributed by atoms with Gasteiger partial charge in [-0.25, -0.2) is 0 Å². The fourth-order valence-corrected chi connectivity index (χ4v) is 4.82. The van der Waals surface area contributed by atoms with Crippen molar-refractivity contribution in [3.05, 3.63) is 100 Å². The molecule has 7 nitrogen and oxygen atoms in total. The molecule has 0 aromatic heterocycles. The van der Waals surface area contributed by atoms with Gasteiger partial charge in [-0.3, -0.25) is 14.4 Å². The van der Waals surface area contributed by atoms with Gasteiger partial charge in [0.15, 0.2) is 0 Å². The van der Waals surface area contributed by atoms with Gasteiger partial charge >= 0.3 is 5.97 Å². The van der Waals surface area contributed by atoms with E-state index in [2.05, 4.69) is 21.2 Å². The Morgan fingerprint density at radius 3 is 2.29 bits per heavy atom. The summed E-state index contributed by atoms with van der Waals surface area (Å²) in [4.78, 5) is 39.9. The lowest BCUT2D eigenvalue weighted by Gasteiger charge is -2.34. The first-order chi connectivity index (χ1) is 18.5. The lowest BCUT2D eigenvalue weighted by Crippen LogP contribution is -2.57. The minimum absolute atomic E-state index is 0.190. The zero-order valence-electron chi connectivity index (χ0n) is 21.1. The molecule has 1 saturated heterocycles. The van der Waals surface area contributed by atoms with Crippen LogP contribution in [-0.4, -0.2) is 55.0 Å². The van der Waals surface area contributed by atoms with Crippen LogP contribution >= 0.6 is 15.9 Å². The average Bonchev–Trinajstić information content (AvgIpc) is 2.94. The number of nitrogens with one attached hydrogen (secondary N) is 1. The molecule has 1 aliphatic heterocycles. The number of carbonyl (C=O) groups excluding carboxylic acids is 3. The number of esters is 1. The van der Waals surface area contributed by atoms with Gasteiger partial charge in [0.05, 0.1) is 24.1 Å². The van der Waals surface area contributed by atoms with Crippen molar-refractivity contribution in [1.29, 1.82) is 0 Å². The number of halogens is 1. The van der Waals surface area contributed by atoms with Gasteiger partial charge in [0.1, 0.15) is 11.8 Å². The van der Waals surface area contributed by atoms with E-state index in [1.807, 2.05) is 60.7 Å². The molecule has 1 atom stereocenters. The summed E-state index contributed by atoms with van der Waals surface area (Å²) in [6.45, 7) is 1.39. The van der Waals surface area contributed by atoms with Crippen LogP contribution in [0.3, 0.4) is 0 Å². The molecule has 2 amide bonds. The first-order valence-electron chi connectivity index (χ1n) is 12.8. The number of hydrogen-bond donors (Lipinski definition) is 1. The van der Waals surface area contributed by atoms with Crippen LogP contribution in [0.4, 0.5) is 0 Å². The lowest BCUT2D eigenvalue weighted by atomic mass is 10.1. The van der Waals surface area contributed by atoms with Crippen molar-refractivity contribution < 1.29 is 23.9 Å². The summed E-state index contributed by atoms with van der Waals surface area (Å²) in [5, 5.41) is 2.75. The Kier molecular flexibility index (Phi) is 9.92. The molecular weight excluding hydrogens is 548 g/mol. The van der Waals surface area contributed by atoms with Crippen LogP contribution < -0.4 is 10.1 Å². The normalized spacial score (nSPS) is 15.0. The van der Waals surface area contributed by atoms with Crippen molar-refractivity contribution in [2.45, 2.75) is 31.7 Å². The van der Waals surface area contributed by atoms with Crippen LogP contribution in [-0.2, 0) is 27.2 Å². The summed E-state index contributed by atoms with van der Waals surface area (Å²) in [6, 6.07) is 24.2. The molecular formula is C30H31BrN2O5. The number of rotatable bonds is 11. The zero-order chi connectivity index (χ0) is 26.7. The van der Waals surface area contributed by atoms with Crippen LogP contribution in [0, 0.1) is 0 Å². The monoisotopic (exact) mass is 578 g/mol. The number of aryl methyl sites for hydroxylation is 1. The van der Waals surface area contributed by atoms with Crippen molar-refractivity contribution in [3.63, 3.8) is 0 Å². The van der Waals surface area contributed by atoms with Gasteiger partial charge in [-0.15, -0.1) is 0 Å². The number of carbonyl (C=O) groups is 3. The fourth-order valence-electron chi connectivity index (χ4n) is 4.32. The maximum Gasteiger partial charge on any atom is 0.308 e. The fraction of sp³-hybridized carbons (Fsp3) is 0.300. The Morgan fingerprint density at radius 2 is 1.61 bits per heavy atom. The summed E-state index contributed by atoms with van der Waals surface area (Å²) in [6.07, 6.45) is 2.05. The topological polar surface area (TPSA) is 84.9 Å². The second kappa shape index (κ2) is 13.8. The molecule has 0 radical (unpaired) electrons. The van der Waals surface area contributed by atoms with E-state index < -0.39 is 12.0 Å². The molecule has 0 aliphatic carbocycles. The first-order valence-corrected chi connectivity index (χ1v) is 13.5. The minimum atomic E-state index is -0.918. The van der Waals surface area contributed by atoms with E-state index in [1.54, 1.807) is 18.2 Å². The lowest BCUT2D eigenvalue weighted by molar-refractivity contribution is -0.147. The Hall–Kier alpha value is -3.65. The third kappa shape index (κ3) is 7.68. The Balaban J connectivity index is 1.31. The maximum absolute atomic E-state index is 13.3. The largest absolute Gasteiger partial charge is 0.492 e. The number of nitrogens with zero attached hydrogens (tertiary/aromatic N) is 1. The van der Waals surface area contributed by atoms with Crippen LogP contribution in [0.25, 0.3) is 0 Å². The molecule has 38 heavy (non-hydrogen) atoms. The highest BCUT2D eigenvalue weighted by Gasteiger charge is 2.35. The van der Waals surface area contributed by atoms with Gasteiger partial charge in [0, 0.05) is 25.1 Å². The highest BCUT2D eigenvalue weighted by molar-refractivity contribution is 9.10. The second-order valence-corrected chi connectivity index (χ2v) is 9.90. The summed E-state index contributed by atoms with van der Waals surface area (Å²) < 4.78 is 11.9. The molecule has 0 spiro atoms.